The largest absolute Gasteiger partial charge is 0.496 e. The van der Waals surface area contributed by atoms with Gasteiger partial charge in [0.15, 0.2) is 0 Å². The highest BCUT2D eigenvalue weighted by atomic mass is 16.7. The fraction of sp³-hybridized carbons (Fsp3) is 0.375. The van der Waals surface area contributed by atoms with Gasteiger partial charge in [0, 0.05) is 5.56 Å². The summed E-state index contributed by atoms with van der Waals surface area (Å²) in [6, 6.07) is 12.3. The van der Waals surface area contributed by atoms with E-state index >= 15 is 0 Å². The summed E-state index contributed by atoms with van der Waals surface area (Å²) >= 11 is 0. The van der Waals surface area contributed by atoms with Gasteiger partial charge in [-0.3, -0.25) is 4.84 Å². The van der Waals surface area contributed by atoms with Crippen LogP contribution in [0.4, 0.5) is 0 Å². The van der Waals surface area contributed by atoms with Crippen molar-refractivity contribution in [1.82, 2.24) is 5.48 Å². The number of benzene rings is 2. The Morgan fingerprint density at radius 2 is 1.79 bits per heavy atom. The van der Waals surface area contributed by atoms with E-state index in [1.165, 1.54) is 10.8 Å². The molecule has 2 aromatic carbocycles. The average Bonchev–Trinajstić information content (AvgIpc) is 2.37. The molecule has 102 valence electrons. The number of fused-ring (bicyclic) bond motifs is 1. The Kier molecular flexibility index (Phi) is 4.08. The number of hydroxylamine groups is 1. The summed E-state index contributed by atoms with van der Waals surface area (Å²) in [7, 11) is 1.69. The summed E-state index contributed by atoms with van der Waals surface area (Å²) in [6.45, 7) is 6.66. The lowest BCUT2D eigenvalue weighted by Crippen LogP contribution is -2.28. The minimum absolute atomic E-state index is 0.210. The predicted octanol–water partition coefficient (Wildman–Crippen LogP) is 3.67. The smallest absolute Gasteiger partial charge is 0.124 e. The minimum atomic E-state index is -0.210. The first kappa shape index (κ1) is 13.8. The normalized spacial score (nSPS) is 11.8. The minimum Gasteiger partial charge on any atom is -0.496 e. The maximum Gasteiger partial charge on any atom is 0.124 e. The van der Waals surface area contributed by atoms with E-state index in [1.807, 2.05) is 39.0 Å². The number of nitrogens with one attached hydrogen (secondary N) is 1. The highest BCUT2D eigenvalue weighted by Gasteiger charge is 2.12. The summed E-state index contributed by atoms with van der Waals surface area (Å²) in [5, 5.41) is 2.39. The van der Waals surface area contributed by atoms with E-state index < -0.39 is 0 Å². The summed E-state index contributed by atoms with van der Waals surface area (Å²) in [5.41, 5.74) is 3.93. The van der Waals surface area contributed by atoms with Crippen LogP contribution < -0.4 is 10.2 Å². The van der Waals surface area contributed by atoms with Crippen molar-refractivity contribution in [2.75, 3.05) is 7.11 Å². The zero-order chi connectivity index (χ0) is 13.9. The van der Waals surface area contributed by atoms with Crippen LogP contribution in [-0.2, 0) is 11.4 Å². The van der Waals surface area contributed by atoms with Crippen LogP contribution in [0.3, 0.4) is 0 Å². The summed E-state index contributed by atoms with van der Waals surface area (Å²) in [4.78, 5) is 5.58. The van der Waals surface area contributed by atoms with Gasteiger partial charge in [-0.1, -0.05) is 30.3 Å². The molecule has 0 saturated carbocycles. The molecule has 3 nitrogen and oxygen atoms in total. The second-order valence-corrected chi connectivity index (χ2v) is 5.50. The zero-order valence-corrected chi connectivity index (χ0v) is 12.0. The number of methoxy groups -OCH3 is 1. The molecule has 1 N–H and O–H groups in total. The van der Waals surface area contributed by atoms with Crippen LogP contribution in [-0.4, -0.2) is 12.7 Å². The van der Waals surface area contributed by atoms with Gasteiger partial charge < -0.3 is 4.74 Å². The van der Waals surface area contributed by atoms with Gasteiger partial charge in [0.1, 0.15) is 5.75 Å². The van der Waals surface area contributed by atoms with Gasteiger partial charge >= 0.3 is 0 Å². The molecule has 0 aromatic heterocycles. The first-order valence-electron chi connectivity index (χ1n) is 6.47. The highest BCUT2D eigenvalue weighted by molar-refractivity contribution is 5.87. The predicted molar refractivity (Wildman–Crippen MR) is 78.2 cm³/mol. The molecule has 2 aromatic rings. The molecule has 0 fully saturated rings. The Hall–Kier alpha value is -1.58. The van der Waals surface area contributed by atoms with Crippen molar-refractivity contribution in [2.45, 2.75) is 32.9 Å². The second-order valence-electron chi connectivity index (χ2n) is 5.50. The fourth-order valence-electron chi connectivity index (χ4n) is 2.01. The summed E-state index contributed by atoms with van der Waals surface area (Å²) in [5.74, 6) is 0.878. The molecule has 0 aliphatic heterocycles. The molecule has 0 heterocycles. The van der Waals surface area contributed by atoms with E-state index in [0.29, 0.717) is 6.54 Å². The standard InChI is InChI=1S/C16H21NO2/c1-16(2,3)19-17-11-14-13-8-6-5-7-12(13)9-10-15(14)18-4/h5-10,17H,11H2,1-4H3. The fourth-order valence-corrected chi connectivity index (χ4v) is 2.01. The van der Waals surface area contributed by atoms with Gasteiger partial charge in [-0.05, 0) is 37.6 Å². The van der Waals surface area contributed by atoms with Crippen LogP contribution in [0.5, 0.6) is 5.75 Å². The lowest BCUT2D eigenvalue weighted by atomic mass is 10.0. The van der Waals surface area contributed by atoms with Gasteiger partial charge in [0.2, 0.25) is 0 Å². The monoisotopic (exact) mass is 259 g/mol. The number of ether oxygens (including phenoxy) is 1. The molecule has 3 heteroatoms. The van der Waals surface area contributed by atoms with Crippen LogP contribution in [0.2, 0.25) is 0 Å². The van der Waals surface area contributed by atoms with Crippen molar-refractivity contribution in [2.24, 2.45) is 0 Å². The molecule has 0 amide bonds. The third-order valence-corrected chi connectivity index (χ3v) is 2.84. The maximum absolute atomic E-state index is 5.58. The highest BCUT2D eigenvalue weighted by Crippen LogP contribution is 2.27. The van der Waals surface area contributed by atoms with Gasteiger partial charge in [0.05, 0.1) is 19.3 Å². The van der Waals surface area contributed by atoms with E-state index in [9.17, 15) is 0 Å². The van der Waals surface area contributed by atoms with Crippen LogP contribution >= 0.6 is 0 Å². The van der Waals surface area contributed by atoms with E-state index in [0.717, 1.165) is 11.3 Å². The number of hydrogen-bond donors (Lipinski definition) is 1. The Bertz CT molecular complexity index is 558. The van der Waals surface area contributed by atoms with E-state index in [2.05, 4.69) is 23.7 Å². The molecule has 0 bridgehead atoms. The molecule has 2 rings (SSSR count). The van der Waals surface area contributed by atoms with Crippen molar-refractivity contribution in [3.05, 3.63) is 42.0 Å². The van der Waals surface area contributed by atoms with E-state index in [-0.39, 0.29) is 5.60 Å². The molecule has 0 spiro atoms. The Morgan fingerprint density at radius 3 is 2.47 bits per heavy atom. The topological polar surface area (TPSA) is 30.5 Å². The zero-order valence-electron chi connectivity index (χ0n) is 12.0. The molecule has 0 aliphatic carbocycles. The first-order valence-corrected chi connectivity index (χ1v) is 6.47. The van der Waals surface area contributed by atoms with Crippen molar-refractivity contribution < 1.29 is 9.57 Å². The van der Waals surface area contributed by atoms with Gasteiger partial charge in [-0.25, -0.2) is 0 Å². The molecular weight excluding hydrogens is 238 g/mol. The Labute approximate surface area is 114 Å². The van der Waals surface area contributed by atoms with Crippen molar-refractivity contribution in [3.63, 3.8) is 0 Å². The molecule has 0 atom stereocenters. The summed E-state index contributed by atoms with van der Waals surface area (Å²) in [6.07, 6.45) is 0. The van der Waals surface area contributed by atoms with E-state index in [1.54, 1.807) is 7.11 Å². The molecule has 0 radical (unpaired) electrons. The SMILES string of the molecule is COc1ccc2ccccc2c1CNOC(C)(C)C. The summed E-state index contributed by atoms with van der Waals surface area (Å²) < 4.78 is 5.44. The average molecular weight is 259 g/mol. The van der Waals surface area contributed by atoms with E-state index in [4.69, 9.17) is 9.57 Å². The lowest BCUT2D eigenvalue weighted by Gasteiger charge is -2.20. The van der Waals surface area contributed by atoms with Gasteiger partial charge in [-0.2, -0.15) is 5.48 Å². The van der Waals surface area contributed by atoms with Crippen LogP contribution in [0.1, 0.15) is 26.3 Å². The van der Waals surface area contributed by atoms with Crippen molar-refractivity contribution in [1.29, 1.82) is 0 Å². The maximum atomic E-state index is 5.58. The molecule has 0 aliphatic rings. The molecular formula is C16H21NO2. The molecule has 0 unspecified atom stereocenters. The quantitative estimate of drug-likeness (QED) is 0.850. The number of hydrogen-bond acceptors (Lipinski definition) is 3. The first-order chi connectivity index (χ1) is 9.01. The van der Waals surface area contributed by atoms with Crippen LogP contribution in [0.15, 0.2) is 36.4 Å². The third kappa shape index (κ3) is 3.46. The lowest BCUT2D eigenvalue weighted by molar-refractivity contribution is -0.0757. The van der Waals surface area contributed by atoms with Crippen LogP contribution in [0, 0.1) is 0 Å². The molecule has 19 heavy (non-hydrogen) atoms. The number of rotatable bonds is 4. The van der Waals surface area contributed by atoms with Crippen LogP contribution in [0.25, 0.3) is 10.8 Å². The molecule has 0 saturated heterocycles. The Morgan fingerprint density at radius 1 is 1.05 bits per heavy atom. The van der Waals surface area contributed by atoms with Crippen molar-refractivity contribution >= 4 is 10.8 Å². The van der Waals surface area contributed by atoms with Gasteiger partial charge in [-0.15, -0.1) is 0 Å². The Balaban J connectivity index is 2.29. The third-order valence-electron chi connectivity index (χ3n) is 2.84. The second kappa shape index (κ2) is 5.59. The van der Waals surface area contributed by atoms with Crippen molar-refractivity contribution in [3.8, 4) is 5.75 Å². The van der Waals surface area contributed by atoms with Gasteiger partial charge in [0.25, 0.3) is 0 Å².